The summed E-state index contributed by atoms with van der Waals surface area (Å²) < 4.78 is 82.6. The van der Waals surface area contributed by atoms with Gasteiger partial charge in [0.2, 0.25) is 11.8 Å². The summed E-state index contributed by atoms with van der Waals surface area (Å²) in [6, 6.07) is 0.341. The minimum absolute atomic E-state index is 0.0599. The van der Waals surface area contributed by atoms with Gasteiger partial charge in [-0.25, -0.2) is 26.6 Å². The fraction of sp³-hybridized carbons (Fsp3) is 0.690. The number of hydrogen-bond acceptors (Lipinski definition) is 9. The van der Waals surface area contributed by atoms with Crippen LogP contribution in [0.2, 0.25) is 0 Å². The van der Waals surface area contributed by atoms with Crippen LogP contribution in [-0.2, 0) is 14.3 Å². The highest BCUT2D eigenvalue weighted by atomic mass is 32.2. The molecular formula is C29H37F5N4O6S. The second-order valence-corrected chi connectivity index (χ2v) is 13.2. The molecule has 1 unspecified atom stereocenters. The SMILES string of the molecule is CCN(CC1CC1)C(=O)C(S[C@@H]1O[C@H](CO)[C@H](O)[C@H](n2cc(-c3cc(F)c(F)c(F)c3)nn2)[C@H]1OC)C1(O)CCC(F)(F)CC1. The lowest BCUT2D eigenvalue weighted by atomic mass is 9.80. The van der Waals surface area contributed by atoms with Crippen molar-refractivity contribution in [3.05, 3.63) is 35.8 Å². The largest absolute Gasteiger partial charge is 0.394 e. The van der Waals surface area contributed by atoms with Crippen molar-refractivity contribution >= 4 is 17.7 Å². The van der Waals surface area contributed by atoms with E-state index in [1.807, 2.05) is 0 Å². The number of thioether (sulfide) groups is 1. The van der Waals surface area contributed by atoms with Crippen LogP contribution in [0.3, 0.4) is 0 Å². The van der Waals surface area contributed by atoms with E-state index in [-0.39, 0.29) is 24.1 Å². The molecule has 10 nitrogen and oxygen atoms in total. The topological polar surface area (TPSA) is 130 Å². The molecule has 2 saturated carbocycles. The third-order valence-electron chi connectivity index (χ3n) is 8.89. The number of rotatable bonds is 11. The van der Waals surface area contributed by atoms with Gasteiger partial charge >= 0.3 is 0 Å². The molecule has 1 aliphatic heterocycles. The molecule has 45 heavy (non-hydrogen) atoms. The third kappa shape index (κ3) is 7.15. The summed E-state index contributed by atoms with van der Waals surface area (Å²) in [5, 5.41) is 39.7. The number of nitrogens with zero attached hydrogens (tertiary/aromatic N) is 4. The molecule has 1 aromatic heterocycles. The highest BCUT2D eigenvalue weighted by Gasteiger charge is 2.54. The Balaban J connectivity index is 1.47. The van der Waals surface area contributed by atoms with Gasteiger partial charge in [-0.1, -0.05) is 5.21 Å². The number of halogens is 5. The van der Waals surface area contributed by atoms with Crippen LogP contribution in [-0.4, -0.2) is 108 Å². The summed E-state index contributed by atoms with van der Waals surface area (Å²) in [5.41, 5.74) is -3.13. The van der Waals surface area contributed by atoms with E-state index in [9.17, 15) is 42.1 Å². The maximum atomic E-state index is 14.2. The summed E-state index contributed by atoms with van der Waals surface area (Å²) in [6.45, 7) is 1.93. The van der Waals surface area contributed by atoms with E-state index in [0.717, 1.165) is 41.4 Å². The first-order chi connectivity index (χ1) is 21.3. The van der Waals surface area contributed by atoms with Crippen LogP contribution in [0.5, 0.6) is 0 Å². The number of hydrogen-bond donors (Lipinski definition) is 3. The van der Waals surface area contributed by atoms with E-state index >= 15 is 0 Å². The van der Waals surface area contributed by atoms with Gasteiger partial charge in [0.15, 0.2) is 17.5 Å². The number of aromatic nitrogens is 3. The van der Waals surface area contributed by atoms with Crippen molar-refractivity contribution in [1.29, 1.82) is 0 Å². The van der Waals surface area contributed by atoms with Crippen molar-refractivity contribution in [3.8, 4) is 11.3 Å². The molecule has 0 spiro atoms. The van der Waals surface area contributed by atoms with E-state index in [0.29, 0.717) is 19.0 Å². The van der Waals surface area contributed by atoms with Gasteiger partial charge in [0, 0.05) is 38.6 Å². The quantitative estimate of drug-likeness (QED) is 0.245. The van der Waals surface area contributed by atoms with Crippen LogP contribution in [0.15, 0.2) is 18.3 Å². The van der Waals surface area contributed by atoms with Crippen molar-refractivity contribution in [2.24, 2.45) is 5.92 Å². The number of aliphatic hydroxyl groups excluding tert-OH is 2. The van der Waals surface area contributed by atoms with Gasteiger partial charge in [-0.15, -0.1) is 16.9 Å². The smallest absolute Gasteiger partial charge is 0.248 e. The van der Waals surface area contributed by atoms with Crippen LogP contribution in [0.25, 0.3) is 11.3 Å². The molecule has 3 aliphatic rings. The average molecular weight is 665 g/mol. The van der Waals surface area contributed by atoms with Crippen LogP contribution >= 0.6 is 11.8 Å². The molecule has 6 atom stereocenters. The van der Waals surface area contributed by atoms with E-state index in [1.165, 1.54) is 13.3 Å². The predicted molar refractivity (Wildman–Crippen MR) is 152 cm³/mol. The van der Waals surface area contributed by atoms with Crippen LogP contribution < -0.4 is 0 Å². The summed E-state index contributed by atoms with van der Waals surface area (Å²) in [7, 11) is 1.31. The second-order valence-electron chi connectivity index (χ2n) is 12.0. The summed E-state index contributed by atoms with van der Waals surface area (Å²) in [6.07, 6.45) is -2.49. The van der Waals surface area contributed by atoms with Crippen molar-refractivity contribution < 1.29 is 51.5 Å². The molecule has 1 amide bonds. The zero-order valence-corrected chi connectivity index (χ0v) is 25.6. The van der Waals surface area contributed by atoms with Gasteiger partial charge in [-0.3, -0.25) is 4.79 Å². The van der Waals surface area contributed by atoms with Crippen LogP contribution in [0.1, 0.15) is 51.5 Å². The molecular weight excluding hydrogens is 627 g/mol. The van der Waals surface area contributed by atoms with Gasteiger partial charge in [-0.2, -0.15) is 0 Å². The highest BCUT2D eigenvalue weighted by molar-refractivity contribution is 8.01. The molecule has 1 saturated heterocycles. The molecule has 250 valence electrons. The zero-order valence-electron chi connectivity index (χ0n) is 24.8. The highest BCUT2D eigenvalue weighted by Crippen LogP contribution is 2.47. The van der Waals surface area contributed by atoms with Crippen molar-refractivity contribution in [2.45, 2.75) is 92.0 Å². The van der Waals surface area contributed by atoms with E-state index in [1.54, 1.807) is 11.8 Å². The normalized spacial score (nSPS) is 28.5. The Hall–Kier alpha value is -2.37. The van der Waals surface area contributed by atoms with Gasteiger partial charge in [0.1, 0.15) is 40.7 Å². The molecule has 5 rings (SSSR count). The fourth-order valence-electron chi connectivity index (χ4n) is 5.99. The molecule has 0 radical (unpaired) electrons. The Kier molecular flexibility index (Phi) is 10.1. The number of methoxy groups -OCH3 is 1. The molecule has 3 N–H and O–H groups in total. The Labute approximate surface area is 260 Å². The molecule has 2 aliphatic carbocycles. The number of alkyl halides is 2. The number of amides is 1. The first-order valence-electron chi connectivity index (χ1n) is 14.9. The first kappa shape index (κ1) is 34.0. The maximum Gasteiger partial charge on any atom is 0.248 e. The molecule has 2 heterocycles. The number of carbonyl (C=O) groups excluding carboxylic acids is 1. The number of ether oxygens (including phenoxy) is 2. The Morgan fingerprint density at radius 3 is 2.40 bits per heavy atom. The van der Waals surface area contributed by atoms with E-state index in [2.05, 4.69) is 10.3 Å². The number of aliphatic hydroxyl groups is 3. The molecule has 3 fully saturated rings. The van der Waals surface area contributed by atoms with Gasteiger partial charge in [-0.05, 0) is 50.7 Å². The van der Waals surface area contributed by atoms with Crippen LogP contribution in [0, 0.1) is 23.4 Å². The Morgan fingerprint density at radius 1 is 1.20 bits per heavy atom. The van der Waals surface area contributed by atoms with Crippen molar-refractivity contribution in [2.75, 3.05) is 26.8 Å². The second kappa shape index (κ2) is 13.4. The lowest BCUT2D eigenvalue weighted by Gasteiger charge is -2.47. The molecule has 16 heteroatoms. The number of carbonyl (C=O) groups is 1. The van der Waals surface area contributed by atoms with Crippen molar-refractivity contribution in [1.82, 2.24) is 19.9 Å². The lowest BCUT2D eigenvalue weighted by molar-refractivity contribution is -0.186. The van der Waals surface area contributed by atoms with E-state index < -0.39 is 89.4 Å². The monoisotopic (exact) mass is 664 g/mol. The van der Waals surface area contributed by atoms with Crippen LogP contribution in [0.4, 0.5) is 22.0 Å². The Morgan fingerprint density at radius 2 is 1.84 bits per heavy atom. The molecule has 2 aromatic rings. The lowest BCUT2D eigenvalue weighted by Crippen LogP contribution is -2.59. The van der Waals surface area contributed by atoms with Gasteiger partial charge in [0.25, 0.3) is 0 Å². The number of benzene rings is 1. The third-order valence-corrected chi connectivity index (χ3v) is 10.5. The summed E-state index contributed by atoms with van der Waals surface area (Å²) in [4.78, 5) is 15.6. The van der Waals surface area contributed by atoms with E-state index in [4.69, 9.17) is 9.47 Å². The summed E-state index contributed by atoms with van der Waals surface area (Å²) >= 11 is 0.874. The molecule has 1 aromatic carbocycles. The van der Waals surface area contributed by atoms with Gasteiger partial charge < -0.3 is 29.7 Å². The minimum Gasteiger partial charge on any atom is -0.394 e. The average Bonchev–Trinajstić information content (AvgIpc) is 3.71. The maximum absolute atomic E-state index is 14.2. The van der Waals surface area contributed by atoms with Gasteiger partial charge in [0.05, 0.1) is 18.4 Å². The fourth-order valence-corrected chi connectivity index (χ4v) is 7.65. The zero-order chi connectivity index (χ0) is 32.7. The first-order valence-corrected chi connectivity index (χ1v) is 15.8. The predicted octanol–water partition coefficient (Wildman–Crippen LogP) is 3.30. The minimum atomic E-state index is -2.97. The van der Waals surface area contributed by atoms with Crippen molar-refractivity contribution in [3.63, 3.8) is 0 Å². The Bertz CT molecular complexity index is 1330. The standard InChI is InChI=1S/C29H37F5N4O6S/c1-3-37(12-15-4-5-15)26(41)25(28(42)6-8-29(33,34)9-7-28)45-27-24(43-2)22(23(40)20(14-39)44-27)38-13-19(35-36-38)16-10-17(30)21(32)18(31)11-16/h10-11,13,15,20,22-25,27,39-40,42H,3-9,12,14H2,1-2H3/t20-,22+,23+,24-,25?,27+/m1/s1. The summed E-state index contributed by atoms with van der Waals surface area (Å²) in [5.74, 6) is -7.61. The molecule has 0 bridgehead atoms.